The van der Waals surface area contributed by atoms with Crippen molar-refractivity contribution < 1.29 is 0 Å². The SMILES string of the molecule is CCc1ccc(Cn2c(N)n[nH]c2=S)s1. The van der Waals surface area contributed by atoms with Gasteiger partial charge in [0.1, 0.15) is 0 Å². The van der Waals surface area contributed by atoms with Crippen LogP contribution in [0.15, 0.2) is 12.1 Å². The highest BCUT2D eigenvalue weighted by Crippen LogP contribution is 2.18. The summed E-state index contributed by atoms with van der Waals surface area (Å²) in [6.45, 7) is 2.85. The van der Waals surface area contributed by atoms with Crippen LogP contribution in [0.1, 0.15) is 16.7 Å². The molecule has 80 valence electrons. The van der Waals surface area contributed by atoms with Gasteiger partial charge >= 0.3 is 0 Å². The average molecular weight is 240 g/mol. The first kappa shape index (κ1) is 10.4. The summed E-state index contributed by atoms with van der Waals surface area (Å²) in [5, 5.41) is 6.54. The van der Waals surface area contributed by atoms with Crippen LogP contribution in [0.25, 0.3) is 0 Å². The summed E-state index contributed by atoms with van der Waals surface area (Å²) in [7, 11) is 0. The highest BCUT2D eigenvalue weighted by Gasteiger charge is 2.04. The molecular weight excluding hydrogens is 228 g/mol. The van der Waals surface area contributed by atoms with Crippen molar-refractivity contribution in [2.75, 3.05) is 5.73 Å². The number of thiophene rings is 1. The van der Waals surface area contributed by atoms with E-state index >= 15 is 0 Å². The number of hydrogen-bond acceptors (Lipinski definition) is 4. The van der Waals surface area contributed by atoms with E-state index < -0.39 is 0 Å². The van der Waals surface area contributed by atoms with Crippen molar-refractivity contribution in [1.82, 2.24) is 14.8 Å². The highest BCUT2D eigenvalue weighted by atomic mass is 32.1. The predicted octanol–water partition coefficient (Wildman–Crippen LogP) is 2.20. The van der Waals surface area contributed by atoms with Crippen LogP contribution < -0.4 is 5.73 Å². The zero-order valence-electron chi connectivity index (χ0n) is 8.36. The van der Waals surface area contributed by atoms with Crippen LogP contribution in [0.2, 0.25) is 0 Å². The van der Waals surface area contributed by atoms with Crippen LogP contribution in [-0.2, 0) is 13.0 Å². The van der Waals surface area contributed by atoms with Crippen molar-refractivity contribution >= 4 is 29.5 Å². The van der Waals surface area contributed by atoms with E-state index in [0.717, 1.165) is 6.42 Å². The molecule has 2 aromatic heterocycles. The Morgan fingerprint density at radius 3 is 2.80 bits per heavy atom. The average Bonchev–Trinajstić information content (AvgIpc) is 2.80. The second-order valence-corrected chi connectivity index (χ2v) is 4.83. The van der Waals surface area contributed by atoms with Gasteiger partial charge in [0.05, 0.1) is 6.54 Å². The third kappa shape index (κ3) is 2.10. The van der Waals surface area contributed by atoms with Crippen molar-refractivity contribution in [3.05, 3.63) is 26.7 Å². The molecule has 6 heteroatoms. The summed E-state index contributed by atoms with van der Waals surface area (Å²) >= 11 is 6.86. The molecule has 2 aromatic rings. The number of nitrogens with one attached hydrogen (secondary N) is 1. The number of aromatic nitrogens is 3. The number of anilines is 1. The monoisotopic (exact) mass is 240 g/mol. The number of aromatic amines is 1. The normalized spacial score (nSPS) is 10.7. The summed E-state index contributed by atoms with van der Waals surface area (Å²) in [6, 6.07) is 4.25. The van der Waals surface area contributed by atoms with Crippen LogP contribution in [0.5, 0.6) is 0 Å². The molecule has 0 radical (unpaired) electrons. The Labute approximate surface area is 96.7 Å². The minimum Gasteiger partial charge on any atom is -0.368 e. The van der Waals surface area contributed by atoms with Crippen LogP contribution in [0.4, 0.5) is 5.95 Å². The van der Waals surface area contributed by atoms with Crippen molar-refractivity contribution in [3.63, 3.8) is 0 Å². The van der Waals surface area contributed by atoms with Gasteiger partial charge in [0, 0.05) is 9.75 Å². The molecule has 0 aliphatic rings. The molecule has 0 saturated heterocycles. The molecule has 0 saturated carbocycles. The molecule has 15 heavy (non-hydrogen) atoms. The number of H-pyrrole nitrogens is 1. The van der Waals surface area contributed by atoms with Gasteiger partial charge in [-0.2, -0.15) is 0 Å². The lowest BCUT2D eigenvalue weighted by molar-refractivity contribution is 0.806. The van der Waals surface area contributed by atoms with E-state index in [9.17, 15) is 0 Å². The van der Waals surface area contributed by atoms with Gasteiger partial charge in [-0.25, -0.2) is 5.10 Å². The van der Waals surface area contributed by atoms with E-state index in [1.54, 1.807) is 15.9 Å². The Kier molecular flexibility index (Phi) is 2.88. The molecule has 0 fully saturated rings. The number of hydrogen-bond donors (Lipinski definition) is 2. The summed E-state index contributed by atoms with van der Waals surface area (Å²) in [5.74, 6) is 0.437. The third-order valence-corrected chi connectivity index (χ3v) is 3.69. The molecule has 0 bridgehead atoms. The predicted molar refractivity (Wildman–Crippen MR) is 64.6 cm³/mol. The van der Waals surface area contributed by atoms with E-state index in [2.05, 4.69) is 29.3 Å². The Hall–Kier alpha value is -1.14. The van der Waals surface area contributed by atoms with E-state index in [1.807, 2.05) is 0 Å². The fourth-order valence-electron chi connectivity index (χ4n) is 1.34. The quantitative estimate of drug-likeness (QED) is 0.809. The van der Waals surface area contributed by atoms with E-state index in [4.69, 9.17) is 18.0 Å². The molecule has 3 N–H and O–H groups in total. The number of nitrogens with zero attached hydrogens (tertiary/aromatic N) is 2. The first-order valence-electron chi connectivity index (χ1n) is 4.69. The zero-order chi connectivity index (χ0) is 10.8. The lowest BCUT2D eigenvalue weighted by atomic mass is 10.3. The lowest BCUT2D eigenvalue weighted by Gasteiger charge is -2.00. The van der Waals surface area contributed by atoms with Crippen LogP contribution in [0, 0.1) is 4.77 Å². The minimum atomic E-state index is 0.437. The maximum atomic E-state index is 5.69. The molecule has 0 aromatic carbocycles. The molecule has 0 amide bonds. The highest BCUT2D eigenvalue weighted by molar-refractivity contribution is 7.71. The largest absolute Gasteiger partial charge is 0.368 e. The summed E-state index contributed by atoms with van der Waals surface area (Å²) in [5.41, 5.74) is 5.69. The van der Waals surface area contributed by atoms with Crippen LogP contribution in [-0.4, -0.2) is 14.8 Å². The van der Waals surface area contributed by atoms with Gasteiger partial charge in [-0.05, 0) is 30.8 Å². The van der Waals surface area contributed by atoms with Crippen molar-refractivity contribution in [2.24, 2.45) is 0 Å². The van der Waals surface area contributed by atoms with E-state index in [1.165, 1.54) is 9.75 Å². The number of rotatable bonds is 3. The maximum Gasteiger partial charge on any atom is 0.220 e. The fraction of sp³-hybridized carbons (Fsp3) is 0.333. The first-order chi connectivity index (χ1) is 7.20. The van der Waals surface area contributed by atoms with Gasteiger partial charge in [0.25, 0.3) is 0 Å². The first-order valence-corrected chi connectivity index (χ1v) is 5.91. The molecule has 2 rings (SSSR count). The van der Waals surface area contributed by atoms with Crippen LogP contribution >= 0.6 is 23.6 Å². The Morgan fingerprint density at radius 1 is 1.53 bits per heavy atom. The van der Waals surface area contributed by atoms with Crippen LogP contribution in [0.3, 0.4) is 0 Å². The second-order valence-electron chi connectivity index (χ2n) is 3.19. The van der Waals surface area contributed by atoms with Gasteiger partial charge in [0.2, 0.25) is 5.95 Å². The standard InChI is InChI=1S/C9H12N4S2/c1-2-6-3-4-7(15-6)5-13-8(10)11-12-9(13)14/h3-4H,2,5H2,1H3,(H2,10,11)(H,12,14). The molecule has 0 atom stereocenters. The van der Waals surface area contributed by atoms with Gasteiger partial charge in [0.15, 0.2) is 4.77 Å². The number of nitrogens with two attached hydrogens (primary N) is 1. The van der Waals surface area contributed by atoms with Crippen molar-refractivity contribution in [1.29, 1.82) is 0 Å². The fourth-order valence-corrected chi connectivity index (χ4v) is 2.49. The molecule has 4 nitrogen and oxygen atoms in total. The number of aryl methyl sites for hydroxylation is 1. The second kappa shape index (κ2) is 4.16. The summed E-state index contributed by atoms with van der Waals surface area (Å²) in [6.07, 6.45) is 1.07. The third-order valence-electron chi connectivity index (χ3n) is 2.17. The van der Waals surface area contributed by atoms with E-state index in [0.29, 0.717) is 17.3 Å². The molecule has 0 aliphatic heterocycles. The summed E-state index contributed by atoms with van der Waals surface area (Å²) < 4.78 is 2.36. The molecule has 0 aliphatic carbocycles. The van der Waals surface area contributed by atoms with Crippen molar-refractivity contribution in [3.8, 4) is 0 Å². The lowest BCUT2D eigenvalue weighted by Crippen LogP contribution is -2.03. The zero-order valence-corrected chi connectivity index (χ0v) is 9.99. The Morgan fingerprint density at radius 2 is 2.27 bits per heavy atom. The smallest absolute Gasteiger partial charge is 0.220 e. The maximum absolute atomic E-state index is 5.69. The van der Waals surface area contributed by atoms with E-state index in [-0.39, 0.29) is 0 Å². The number of nitrogen functional groups attached to an aromatic ring is 1. The molecular formula is C9H12N4S2. The van der Waals surface area contributed by atoms with Crippen molar-refractivity contribution in [2.45, 2.75) is 19.9 Å². The van der Waals surface area contributed by atoms with Gasteiger partial charge in [-0.15, -0.1) is 16.4 Å². The molecule has 0 unspecified atom stereocenters. The Balaban J connectivity index is 2.25. The van der Waals surface area contributed by atoms with Gasteiger partial charge < -0.3 is 5.73 Å². The van der Waals surface area contributed by atoms with Gasteiger partial charge in [-0.1, -0.05) is 6.92 Å². The minimum absolute atomic E-state index is 0.437. The molecule has 0 spiro atoms. The summed E-state index contributed by atoms with van der Waals surface area (Å²) in [4.78, 5) is 2.62. The molecule has 2 heterocycles. The van der Waals surface area contributed by atoms with Gasteiger partial charge in [-0.3, -0.25) is 4.57 Å². The topological polar surface area (TPSA) is 59.6 Å². The Bertz CT molecular complexity index is 508.